The number of hydrogen-bond donors (Lipinski definition) is 1. The van der Waals surface area contributed by atoms with E-state index in [2.05, 4.69) is 24.3 Å². The lowest BCUT2D eigenvalue weighted by Crippen LogP contribution is -2.10. The zero-order valence-corrected chi connectivity index (χ0v) is 7.20. The summed E-state index contributed by atoms with van der Waals surface area (Å²) in [6.45, 7) is 0. The van der Waals surface area contributed by atoms with Crippen molar-refractivity contribution in [3.05, 3.63) is 24.3 Å². The number of carbonyl (C=O) groups is 1. The standard InChI is InChI=1S/C10H15NO/c11-10(12)8-4-7-9-5-2-1-3-6-9/h1-3,5,9H,4,6-8H2,(H2,11,12). The predicted molar refractivity (Wildman–Crippen MR) is 49.4 cm³/mol. The molecule has 0 aromatic heterocycles. The molecule has 2 nitrogen and oxygen atoms in total. The minimum absolute atomic E-state index is 0.190. The van der Waals surface area contributed by atoms with Gasteiger partial charge in [-0.25, -0.2) is 0 Å². The third-order valence-corrected chi connectivity index (χ3v) is 2.07. The molecule has 1 rings (SSSR count). The van der Waals surface area contributed by atoms with Crippen molar-refractivity contribution in [2.45, 2.75) is 25.7 Å². The second-order valence-corrected chi connectivity index (χ2v) is 3.17. The maximum absolute atomic E-state index is 10.4. The summed E-state index contributed by atoms with van der Waals surface area (Å²) in [7, 11) is 0. The van der Waals surface area contributed by atoms with E-state index in [9.17, 15) is 4.79 Å². The Balaban J connectivity index is 2.11. The van der Waals surface area contributed by atoms with Gasteiger partial charge in [-0.15, -0.1) is 0 Å². The molecule has 0 heterocycles. The summed E-state index contributed by atoms with van der Waals surface area (Å²) in [5.41, 5.74) is 5.04. The smallest absolute Gasteiger partial charge is 0.217 e. The van der Waals surface area contributed by atoms with Crippen LogP contribution in [0.15, 0.2) is 24.3 Å². The van der Waals surface area contributed by atoms with Crippen LogP contribution in [0, 0.1) is 5.92 Å². The topological polar surface area (TPSA) is 43.1 Å². The number of allylic oxidation sites excluding steroid dienone is 4. The Morgan fingerprint density at radius 3 is 2.92 bits per heavy atom. The Bertz CT molecular complexity index is 206. The number of primary amides is 1. The molecule has 0 fully saturated rings. The van der Waals surface area contributed by atoms with Crippen LogP contribution in [0.25, 0.3) is 0 Å². The van der Waals surface area contributed by atoms with E-state index in [-0.39, 0.29) is 5.91 Å². The monoisotopic (exact) mass is 165 g/mol. The van der Waals surface area contributed by atoms with E-state index in [4.69, 9.17) is 5.73 Å². The van der Waals surface area contributed by atoms with Gasteiger partial charge < -0.3 is 5.73 Å². The molecule has 12 heavy (non-hydrogen) atoms. The fraction of sp³-hybridized carbons (Fsp3) is 0.500. The molecule has 1 unspecified atom stereocenters. The van der Waals surface area contributed by atoms with Gasteiger partial charge in [-0.1, -0.05) is 24.3 Å². The lowest BCUT2D eigenvalue weighted by molar-refractivity contribution is -0.118. The van der Waals surface area contributed by atoms with Crippen LogP contribution in [-0.4, -0.2) is 5.91 Å². The summed E-state index contributed by atoms with van der Waals surface area (Å²) >= 11 is 0. The zero-order chi connectivity index (χ0) is 8.81. The Morgan fingerprint density at radius 2 is 2.33 bits per heavy atom. The first kappa shape index (κ1) is 9.04. The van der Waals surface area contributed by atoms with E-state index >= 15 is 0 Å². The van der Waals surface area contributed by atoms with E-state index < -0.39 is 0 Å². The van der Waals surface area contributed by atoms with Gasteiger partial charge in [0, 0.05) is 6.42 Å². The highest BCUT2D eigenvalue weighted by Gasteiger charge is 2.05. The first-order valence-electron chi connectivity index (χ1n) is 4.40. The van der Waals surface area contributed by atoms with Gasteiger partial charge >= 0.3 is 0 Å². The van der Waals surface area contributed by atoms with Crippen molar-refractivity contribution in [3.63, 3.8) is 0 Å². The van der Waals surface area contributed by atoms with Crippen LogP contribution in [0.4, 0.5) is 0 Å². The molecule has 1 aliphatic rings. The molecule has 1 aliphatic carbocycles. The number of carbonyl (C=O) groups excluding carboxylic acids is 1. The number of rotatable bonds is 4. The van der Waals surface area contributed by atoms with Crippen molar-refractivity contribution < 1.29 is 4.79 Å². The molecule has 1 atom stereocenters. The van der Waals surface area contributed by atoms with Crippen LogP contribution in [-0.2, 0) is 4.79 Å². The SMILES string of the molecule is NC(=O)CCCC1C=CC=CC1. The lowest BCUT2D eigenvalue weighted by atomic mass is 9.95. The molecular weight excluding hydrogens is 150 g/mol. The third-order valence-electron chi connectivity index (χ3n) is 2.07. The highest BCUT2D eigenvalue weighted by Crippen LogP contribution is 2.17. The van der Waals surface area contributed by atoms with Gasteiger partial charge in [-0.05, 0) is 25.2 Å². The zero-order valence-electron chi connectivity index (χ0n) is 7.20. The molecule has 0 aromatic rings. The van der Waals surface area contributed by atoms with E-state index in [0.717, 1.165) is 19.3 Å². The second kappa shape index (κ2) is 4.75. The minimum Gasteiger partial charge on any atom is -0.370 e. The quantitative estimate of drug-likeness (QED) is 0.677. The van der Waals surface area contributed by atoms with Crippen molar-refractivity contribution in [3.8, 4) is 0 Å². The van der Waals surface area contributed by atoms with E-state index in [1.165, 1.54) is 0 Å². The molecule has 66 valence electrons. The Labute approximate surface area is 73.1 Å². The fourth-order valence-electron chi connectivity index (χ4n) is 1.38. The average molecular weight is 165 g/mol. The van der Waals surface area contributed by atoms with Crippen molar-refractivity contribution in [2.24, 2.45) is 11.7 Å². The van der Waals surface area contributed by atoms with Crippen LogP contribution in [0.1, 0.15) is 25.7 Å². The van der Waals surface area contributed by atoms with Gasteiger partial charge in [-0.2, -0.15) is 0 Å². The Morgan fingerprint density at radius 1 is 1.50 bits per heavy atom. The van der Waals surface area contributed by atoms with Gasteiger partial charge in [0.15, 0.2) is 0 Å². The van der Waals surface area contributed by atoms with Crippen molar-refractivity contribution in [1.29, 1.82) is 0 Å². The molecule has 2 heteroatoms. The minimum atomic E-state index is -0.190. The molecule has 0 saturated heterocycles. The van der Waals surface area contributed by atoms with E-state index in [0.29, 0.717) is 12.3 Å². The first-order chi connectivity index (χ1) is 5.79. The van der Waals surface area contributed by atoms with Gasteiger partial charge in [0.25, 0.3) is 0 Å². The van der Waals surface area contributed by atoms with E-state index in [1.54, 1.807) is 0 Å². The molecule has 0 radical (unpaired) electrons. The average Bonchev–Trinajstić information content (AvgIpc) is 2.05. The summed E-state index contributed by atoms with van der Waals surface area (Å²) in [4.78, 5) is 10.4. The molecule has 0 bridgehead atoms. The van der Waals surface area contributed by atoms with Gasteiger partial charge in [0.2, 0.25) is 5.91 Å². The van der Waals surface area contributed by atoms with Crippen molar-refractivity contribution >= 4 is 5.91 Å². The first-order valence-corrected chi connectivity index (χ1v) is 4.40. The van der Waals surface area contributed by atoms with E-state index in [1.807, 2.05) is 0 Å². The summed E-state index contributed by atoms with van der Waals surface area (Å²) in [6, 6.07) is 0. The molecule has 0 aliphatic heterocycles. The largest absolute Gasteiger partial charge is 0.370 e. The van der Waals surface area contributed by atoms with Gasteiger partial charge in [0.1, 0.15) is 0 Å². The molecule has 0 saturated carbocycles. The van der Waals surface area contributed by atoms with Gasteiger partial charge in [-0.3, -0.25) is 4.79 Å². The number of amides is 1. The van der Waals surface area contributed by atoms with Crippen LogP contribution >= 0.6 is 0 Å². The van der Waals surface area contributed by atoms with Crippen molar-refractivity contribution in [1.82, 2.24) is 0 Å². The predicted octanol–water partition coefficient (Wildman–Crippen LogP) is 1.77. The summed E-state index contributed by atoms with van der Waals surface area (Å²) in [6.07, 6.45) is 12.1. The molecule has 1 amide bonds. The Hall–Kier alpha value is -1.05. The molecule has 0 aromatic carbocycles. The maximum atomic E-state index is 10.4. The van der Waals surface area contributed by atoms with Crippen molar-refractivity contribution in [2.75, 3.05) is 0 Å². The molecule has 0 spiro atoms. The molecule has 2 N–H and O–H groups in total. The summed E-state index contributed by atoms with van der Waals surface area (Å²) in [5, 5.41) is 0. The maximum Gasteiger partial charge on any atom is 0.217 e. The summed E-state index contributed by atoms with van der Waals surface area (Å²) in [5.74, 6) is 0.430. The second-order valence-electron chi connectivity index (χ2n) is 3.17. The normalized spacial score (nSPS) is 21.2. The van der Waals surface area contributed by atoms with Crippen LogP contribution in [0.2, 0.25) is 0 Å². The third kappa shape index (κ3) is 3.37. The highest BCUT2D eigenvalue weighted by atomic mass is 16.1. The van der Waals surface area contributed by atoms with Crippen LogP contribution < -0.4 is 5.73 Å². The number of nitrogens with two attached hydrogens (primary N) is 1. The Kier molecular flexibility index (Phi) is 3.58. The fourth-order valence-corrected chi connectivity index (χ4v) is 1.38. The number of hydrogen-bond acceptors (Lipinski definition) is 1. The summed E-state index contributed by atoms with van der Waals surface area (Å²) < 4.78 is 0. The van der Waals surface area contributed by atoms with Gasteiger partial charge in [0.05, 0.1) is 0 Å². The highest BCUT2D eigenvalue weighted by molar-refractivity contribution is 5.73. The lowest BCUT2D eigenvalue weighted by Gasteiger charge is -2.11. The molecular formula is C10H15NO. The van der Waals surface area contributed by atoms with Crippen LogP contribution in [0.3, 0.4) is 0 Å². The van der Waals surface area contributed by atoms with Crippen LogP contribution in [0.5, 0.6) is 0 Å².